The van der Waals surface area contributed by atoms with E-state index in [0.29, 0.717) is 11.2 Å². The second kappa shape index (κ2) is 7.07. The number of thioether (sulfide) groups is 1. The molecule has 3 nitrogen and oxygen atoms in total. The lowest BCUT2D eigenvalue weighted by molar-refractivity contribution is 0.659. The summed E-state index contributed by atoms with van der Waals surface area (Å²) in [4.78, 5) is 10.9. The summed E-state index contributed by atoms with van der Waals surface area (Å²) in [5.41, 5.74) is 0. The van der Waals surface area contributed by atoms with Crippen LogP contribution >= 0.6 is 23.4 Å². The van der Waals surface area contributed by atoms with E-state index >= 15 is 0 Å². The first-order valence-corrected chi connectivity index (χ1v) is 7.60. The monoisotopic (exact) mass is 273 g/mol. The molecular formula is C12H20ClN3S. The molecule has 1 aromatic rings. The van der Waals surface area contributed by atoms with Crippen molar-refractivity contribution in [2.45, 2.75) is 32.7 Å². The van der Waals surface area contributed by atoms with E-state index < -0.39 is 0 Å². The van der Waals surface area contributed by atoms with Gasteiger partial charge in [0.1, 0.15) is 16.8 Å². The second-order valence-electron chi connectivity index (χ2n) is 4.06. The highest BCUT2D eigenvalue weighted by Gasteiger charge is 2.12. The Kier molecular flexibility index (Phi) is 6.06. The van der Waals surface area contributed by atoms with Crippen molar-refractivity contribution < 1.29 is 0 Å². The molecule has 17 heavy (non-hydrogen) atoms. The van der Waals surface area contributed by atoms with Gasteiger partial charge in [-0.1, -0.05) is 18.5 Å². The van der Waals surface area contributed by atoms with E-state index in [2.05, 4.69) is 35.1 Å². The summed E-state index contributed by atoms with van der Waals surface area (Å²) in [7, 11) is 2.06. The van der Waals surface area contributed by atoms with Crippen molar-refractivity contribution in [1.29, 1.82) is 0 Å². The lowest BCUT2D eigenvalue weighted by atomic mass is 10.2. The van der Waals surface area contributed by atoms with Gasteiger partial charge in [-0.2, -0.15) is 11.8 Å². The van der Waals surface area contributed by atoms with E-state index in [9.17, 15) is 0 Å². The van der Waals surface area contributed by atoms with Gasteiger partial charge in [0.05, 0.1) is 0 Å². The van der Waals surface area contributed by atoms with Crippen molar-refractivity contribution in [3.05, 3.63) is 17.0 Å². The van der Waals surface area contributed by atoms with E-state index in [4.69, 9.17) is 11.6 Å². The van der Waals surface area contributed by atoms with Crippen molar-refractivity contribution in [2.24, 2.45) is 0 Å². The number of hydrogen-bond acceptors (Lipinski definition) is 4. The van der Waals surface area contributed by atoms with Crippen LogP contribution in [0.4, 0.5) is 5.82 Å². The maximum atomic E-state index is 6.00. The van der Waals surface area contributed by atoms with Crippen LogP contribution in [0.1, 0.15) is 26.1 Å². The highest BCUT2D eigenvalue weighted by atomic mass is 35.5. The average molecular weight is 274 g/mol. The largest absolute Gasteiger partial charge is 0.357 e. The molecule has 0 aliphatic carbocycles. The highest BCUT2D eigenvalue weighted by molar-refractivity contribution is 7.98. The molecule has 0 saturated heterocycles. The minimum Gasteiger partial charge on any atom is -0.357 e. The number of aromatic nitrogens is 2. The zero-order valence-corrected chi connectivity index (χ0v) is 12.5. The van der Waals surface area contributed by atoms with E-state index in [1.165, 1.54) is 0 Å². The van der Waals surface area contributed by atoms with Gasteiger partial charge >= 0.3 is 0 Å². The van der Waals surface area contributed by atoms with Crippen LogP contribution in [0.2, 0.25) is 5.15 Å². The third-order valence-electron chi connectivity index (χ3n) is 2.81. The molecule has 0 N–H and O–H groups in total. The fourth-order valence-corrected chi connectivity index (χ4v) is 2.27. The molecule has 0 saturated carbocycles. The van der Waals surface area contributed by atoms with E-state index in [1.807, 2.05) is 24.8 Å². The van der Waals surface area contributed by atoms with Crippen LogP contribution in [0.15, 0.2) is 6.07 Å². The van der Waals surface area contributed by atoms with Gasteiger partial charge in [-0.25, -0.2) is 9.97 Å². The maximum absolute atomic E-state index is 6.00. The van der Waals surface area contributed by atoms with Crippen LogP contribution in [-0.2, 0) is 6.42 Å². The van der Waals surface area contributed by atoms with Gasteiger partial charge in [-0.05, 0) is 25.4 Å². The van der Waals surface area contributed by atoms with Crippen LogP contribution in [0, 0.1) is 0 Å². The number of halogens is 1. The van der Waals surface area contributed by atoms with E-state index in [-0.39, 0.29) is 0 Å². The normalized spacial score (nSPS) is 12.5. The van der Waals surface area contributed by atoms with Crippen LogP contribution in [-0.4, -0.2) is 35.1 Å². The Hall–Kier alpha value is -0.480. The fourth-order valence-electron chi connectivity index (χ4n) is 1.50. The molecule has 1 aromatic heterocycles. The summed E-state index contributed by atoms with van der Waals surface area (Å²) in [5.74, 6) is 2.87. The Morgan fingerprint density at radius 2 is 2.18 bits per heavy atom. The third kappa shape index (κ3) is 4.36. The molecule has 1 atom stereocenters. The lowest BCUT2D eigenvalue weighted by Gasteiger charge is -2.26. The zero-order valence-electron chi connectivity index (χ0n) is 10.9. The number of nitrogens with zero attached hydrogens (tertiary/aromatic N) is 3. The number of aryl methyl sites for hydroxylation is 1. The Balaban J connectivity index is 2.80. The predicted octanol–water partition coefficient (Wildman–Crippen LogP) is 3.27. The van der Waals surface area contributed by atoms with E-state index in [0.717, 1.165) is 30.2 Å². The summed E-state index contributed by atoms with van der Waals surface area (Å²) in [6.07, 6.45) is 4.07. The summed E-state index contributed by atoms with van der Waals surface area (Å²) in [6.45, 7) is 4.24. The number of anilines is 1. The third-order valence-corrected chi connectivity index (χ3v) is 3.64. The molecule has 0 spiro atoms. The Morgan fingerprint density at radius 3 is 2.76 bits per heavy atom. The van der Waals surface area contributed by atoms with Gasteiger partial charge in [-0.3, -0.25) is 0 Å². The van der Waals surface area contributed by atoms with Crippen LogP contribution in [0.25, 0.3) is 0 Å². The first-order chi connectivity index (χ1) is 8.08. The molecule has 1 heterocycles. The van der Waals surface area contributed by atoms with Crippen LogP contribution in [0.5, 0.6) is 0 Å². The Morgan fingerprint density at radius 1 is 1.47 bits per heavy atom. The fraction of sp³-hybridized carbons (Fsp3) is 0.667. The van der Waals surface area contributed by atoms with Gasteiger partial charge < -0.3 is 4.90 Å². The molecule has 0 aromatic carbocycles. The SMILES string of the molecule is CCc1nc(Cl)cc(N(C)C(C)CCSC)n1. The number of hydrogen-bond donors (Lipinski definition) is 0. The first-order valence-electron chi connectivity index (χ1n) is 5.83. The lowest BCUT2D eigenvalue weighted by Crippen LogP contribution is -2.30. The highest BCUT2D eigenvalue weighted by Crippen LogP contribution is 2.19. The van der Waals surface area contributed by atoms with Crippen molar-refractivity contribution in [3.8, 4) is 0 Å². The Labute approximate surface area is 113 Å². The smallest absolute Gasteiger partial charge is 0.134 e. The summed E-state index contributed by atoms with van der Waals surface area (Å²) >= 11 is 7.87. The molecule has 0 aliphatic rings. The van der Waals surface area contributed by atoms with Gasteiger partial charge in [0.15, 0.2) is 0 Å². The summed E-state index contributed by atoms with van der Waals surface area (Å²) in [5, 5.41) is 0.524. The molecule has 1 unspecified atom stereocenters. The molecule has 5 heteroatoms. The molecule has 0 aliphatic heterocycles. The van der Waals surface area contributed by atoms with Gasteiger partial charge in [0.2, 0.25) is 0 Å². The van der Waals surface area contributed by atoms with Crippen molar-refractivity contribution in [1.82, 2.24) is 9.97 Å². The zero-order chi connectivity index (χ0) is 12.8. The summed E-state index contributed by atoms with van der Waals surface area (Å²) < 4.78 is 0. The van der Waals surface area contributed by atoms with Crippen molar-refractivity contribution in [3.63, 3.8) is 0 Å². The van der Waals surface area contributed by atoms with Crippen molar-refractivity contribution >= 4 is 29.2 Å². The standard InChI is InChI=1S/C12H20ClN3S/c1-5-11-14-10(13)8-12(15-11)16(3)9(2)6-7-17-4/h8-9H,5-7H2,1-4H3. The average Bonchev–Trinajstić information content (AvgIpc) is 2.34. The molecule has 0 fully saturated rings. The maximum Gasteiger partial charge on any atom is 0.134 e. The van der Waals surface area contributed by atoms with Gasteiger partial charge in [0, 0.05) is 25.6 Å². The predicted molar refractivity (Wildman–Crippen MR) is 77.3 cm³/mol. The minimum absolute atomic E-state index is 0.457. The topological polar surface area (TPSA) is 29.0 Å². The molecular weight excluding hydrogens is 254 g/mol. The molecule has 1 rings (SSSR count). The Bertz CT molecular complexity index is 360. The van der Waals surface area contributed by atoms with Crippen molar-refractivity contribution in [2.75, 3.05) is 24.0 Å². The van der Waals surface area contributed by atoms with Crippen LogP contribution in [0.3, 0.4) is 0 Å². The van der Waals surface area contributed by atoms with E-state index in [1.54, 1.807) is 0 Å². The molecule has 0 radical (unpaired) electrons. The number of rotatable bonds is 6. The molecule has 96 valence electrons. The molecule has 0 amide bonds. The van der Waals surface area contributed by atoms with Crippen LogP contribution < -0.4 is 4.90 Å². The second-order valence-corrected chi connectivity index (χ2v) is 5.43. The van der Waals surface area contributed by atoms with Gasteiger partial charge in [0.25, 0.3) is 0 Å². The van der Waals surface area contributed by atoms with Gasteiger partial charge in [-0.15, -0.1) is 0 Å². The molecule has 0 bridgehead atoms. The quantitative estimate of drug-likeness (QED) is 0.744. The minimum atomic E-state index is 0.457. The summed E-state index contributed by atoms with van der Waals surface area (Å²) in [6, 6.07) is 2.29. The first kappa shape index (κ1) is 14.6.